The van der Waals surface area contributed by atoms with E-state index in [0.29, 0.717) is 19.3 Å². The van der Waals surface area contributed by atoms with Crippen molar-refractivity contribution in [3.63, 3.8) is 0 Å². The molecule has 0 saturated carbocycles. The number of carbonyl (C=O) groups excluding carboxylic acids is 2. The molecule has 0 aromatic heterocycles. The van der Waals surface area contributed by atoms with Gasteiger partial charge < -0.3 is 23.8 Å². The number of esters is 2. The lowest BCUT2D eigenvalue weighted by Crippen LogP contribution is -2.50. The number of hydrogen-bond acceptors (Lipinski definition) is 6. The first kappa shape index (κ1) is 60.5. The fraction of sp³-hybridized carbons (Fsp3) is 0.836. The number of allylic oxidation sites excluding steroid dienone is 6. The Balaban J connectivity index is 4.23. The fourth-order valence-corrected chi connectivity index (χ4v) is 7.92. The third-order valence-corrected chi connectivity index (χ3v) is 12.0. The Hall–Kier alpha value is -2.45. The maximum Gasteiger partial charge on any atom is 0.362 e. The van der Waals surface area contributed by atoms with E-state index in [-0.39, 0.29) is 36.2 Å². The van der Waals surface area contributed by atoms with Crippen LogP contribution in [-0.4, -0.2) is 80.6 Å². The van der Waals surface area contributed by atoms with Crippen molar-refractivity contribution >= 4 is 17.9 Å². The Labute approximate surface area is 389 Å². The minimum atomic E-state index is -0.875. The van der Waals surface area contributed by atoms with Crippen molar-refractivity contribution in [1.29, 1.82) is 0 Å². The molecule has 8 nitrogen and oxygen atoms in total. The molecule has 0 fully saturated rings. The topological polar surface area (TPSA) is 99.1 Å². The van der Waals surface area contributed by atoms with Crippen LogP contribution < -0.4 is 0 Å². The number of unbranched alkanes of at least 4 members (excludes halogenated alkanes) is 28. The minimum Gasteiger partial charge on any atom is -0.477 e. The maximum absolute atomic E-state index is 12.8. The Morgan fingerprint density at radius 1 is 0.476 bits per heavy atom. The number of carbonyl (C=O) groups is 3. The molecule has 0 aliphatic rings. The molecule has 1 N–H and O–H groups in total. The van der Waals surface area contributed by atoms with E-state index in [4.69, 9.17) is 14.2 Å². The molecule has 2 unspecified atom stereocenters. The predicted octanol–water partition coefficient (Wildman–Crippen LogP) is 15.4. The highest BCUT2D eigenvalue weighted by Gasteiger charge is 2.31. The number of quaternary nitrogens is 1. The molecular weight excluding hydrogens is 787 g/mol. The van der Waals surface area contributed by atoms with E-state index in [1.54, 1.807) is 0 Å². The van der Waals surface area contributed by atoms with Crippen LogP contribution in [0, 0.1) is 0 Å². The zero-order chi connectivity index (χ0) is 46.3. The highest BCUT2D eigenvalue weighted by atomic mass is 16.6. The Kier molecular flexibility index (Phi) is 44.3. The third kappa shape index (κ3) is 44.5. The Bertz CT molecular complexity index is 1130. The molecule has 2 atom stereocenters. The van der Waals surface area contributed by atoms with Gasteiger partial charge in [0.15, 0.2) is 12.1 Å². The number of ether oxygens (including phenoxy) is 3. The van der Waals surface area contributed by atoms with Crippen LogP contribution in [0.2, 0.25) is 0 Å². The minimum absolute atomic E-state index is 0.0528. The normalized spacial score (nSPS) is 13.1. The molecule has 0 aliphatic carbocycles. The summed E-state index contributed by atoms with van der Waals surface area (Å²) in [5.41, 5.74) is 0. The SMILES string of the molecule is CCCCC/C=C\C/C=C\C/C=C\CCCCCCCCC(=O)OC(COCCC(C(=O)O)[N+](C)(C)C)COC(=O)CCCCCCCCCCCCCCCCCCCCCC. The number of hydrogen-bond donors (Lipinski definition) is 1. The van der Waals surface area contributed by atoms with E-state index in [0.717, 1.165) is 64.2 Å². The van der Waals surface area contributed by atoms with Gasteiger partial charge in [-0.05, 0) is 51.4 Å². The summed E-state index contributed by atoms with van der Waals surface area (Å²) < 4.78 is 17.4. The molecule has 0 bridgehead atoms. The van der Waals surface area contributed by atoms with E-state index in [2.05, 4.69) is 50.3 Å². The van der Waals surface area contributed by atoms with Crippen LogP contribution in [0.15, 0.2) is 36.5 Å². The number of carboxylic acid groups (broad SMARTS) is 1. The van der Waals surface area contributed by atoms with E-state index in [1.165, 1.54) is 148 Å². The van der Waals surface area contributed by atoms with Crippen LogP contribution in [0.1, 0.15) is 245 Å². The summed E-state index contributed by atoms with van der Waals surface area (Å²) >= 11 is 0. The summed E-state index contributed by atoms with van der Waals surface area (Å²) in [5, 5.41) is 9.66. The highest BCUT2D eigenvalue weighted by Crippen LogP contribution is 2.16. The van der Waals surface area contributed by atoms with Crippen molar-refractivity contribution in [2.75, 3.05) is 41.0 Å². The van der Waals surface area contributed by atoms with Crippen molar-refractivity contribution in [3.05, 3.63) is 36.5 Å². The molecule has 0 aromatic rings. The van der Waals surface area contributed by atoms with Crippen molar-refractivity contribution < 1.29 is 38.2 Å². The molecule has 0 rings (SSSR count). The van der Waals surface area contributed by atoms with Crippen molar-refractivity contribution in [2.24, 2.45) is 0 Å². The lowest BCUT2D eigenvalue weighted by molar-refractivity contribution is -0.887. The first-order valence-electron chi connectivity index (χ1n) is 26.5. The van der Waals surface area contributed by atoms with Gasteiger partial charge in [0, 0.05) is 19.3 Å². The monoisotopic (exact) mass is 889 g/mol. The lowest BCUT2D eigenvalue weighted by atomic mass is 10.0. The second kappa shape index (κ2) is 46.1. The van der Waals surface area contributed by atoms with Gasteiger partial charge in [0.2, 0.25) is 0 Å². The maximum atomic E-state index is 12.8. The van der Waals surface area contributed by atoms with Gasteiger partial charge in [-0.15, -0.1) is 0 Å². The van der Waals surface area contributed by atoms with Crippen LogP contribution in [0.3, 0.4) is 0 Å². The van der Waals surface area contributed by atoms with Gasteiger partial charge in [-0.1, -0.05) is 211 Å². The molecule has 0 heterocycles. The predicted molar refractivity (Wildman–Crippen MR) is 266 cm³/mol. The molecular formula is C55H102NO7+. The third-order valence-electron chi connectivity index (χ3n) is 12.0. The molecule has 8 heteroatoms. The standard InChI is InChI=1S/C55H101NO7/c1-6-8-10-12-14-16-18-20-22-24-26-28-29-31-33-35-37-39-41-43-45-53(57)62-50-51(49-61-48-47-52(55(59)60)56(3,4)5)63-54(58)46-44-42-40-38-36-34-32-30-27-25-23-21-19-17-15-13-11-9-7-2/h15,17,21,23,27,30,51-52H,6-14,16,18-20,22,24-26,28-29,31-50H2,1-5H3/p+1/b17-15-,23-21-,30-27-. The number of rotatable bonds is 48. The number of carboxylic acids is 1. The Morgan fingerprint density at radius 3 is 1.27 bits per heavy atom. The van der Waals surface area contributed by atoms with Crippen molar-refractivity contribution in [3.8, 4) is 0 Å². The van der Waals surface area contributed by atoms with Crippen molar-refractivity contribution in [2.45, 2.75) is 257 Å². The van der Waals surface area contributed by atoms with Gasteiger partial charge in [0.25, 0.3) is 0 Å². The van der Waals surface area contributed by atoms with E-state index >= 15 is 0 Å². The first-order chi connectivity index (χ1) is 30.6. The summed E-state index contributed by atoms with van der Waals surface area (Å²) in [5.74, 6) is -1.47. The van der Waals surface area contributed by atoms with Crippen LogP contribution in [0.4, 0.5) is 0 Å². The molecule has 0 aromatic carbocycles. The van der Waals surface area contributed by atoms with Gasteiger partial charge >= 0.3 is 17.9 Å². The molecule has 0 amide bonds. The molecule has 0 saturated heterocycles. The van der Waals surface area contributed by atoms with Gasteiger partial charge in [-0.25, -0.2) is 4.79 Å². The smallest absolute Gasteiger partial charge is 0.362 e. The molecule has 0 aliphatic heterocycles. The average Bonchev–Trinajstić information content (AvgIpc) is 3.24. The zero-order valence-corrected chi connectivity index (χ0v) is 42.0. The molecule has 0 spiro atoms. The van der Waals surface area contributed by atoms with Gasteiger partial charge in [0.1, 0.15) is 6.61 Å². The molecule has 368 valence electrons. The average molecular weight is 889 g/mol. The van der Waals surface area contributed by atoms with Crippen LogP contribution in [0.5, 0.6) is 0 Å². The van der Waals surface area contributed by atoms with Gasteiger partial charge in [-0.2, -0.15) is 0 Å². The summed E-state index contributed by atoms with van der Waals surface area (Å²) in [6.07, 6.45) is 54.8. The number of aliphatic carboxylic acids is 1. The van der Waals surface area contributed by atoms with Crippen LogP contribution in [-0.2, 0) is 28.6 Å². The quantitative estimate of drug-likeness (QED) is 0.0281. The number of nitrogens with zero attached hydrogens (tertiary/aromatic N) is 1. The highest BCUT2D eigenvalue weighted by molar-refractivity contribution is 5.72. The second-order valence-corrected chi connectivity index (χ2v) is 19.1. The Morgan fingerprint density at radius 2 is 0.841 bits per heavy atom. The summed E-state index contributed by atoms with van der Waals surface area (Å²) in [7, 11) is 5.54. The second-order valence-electron chi connectivity index (χ2n) is 19.1. The first-order valence-corrected chi connectivity index (χ1v) is 26.5. The molecule has 63 heavy (non-hydrogen) atoms. The summed E-state index contributed by atoms with van der Waals surface area (Å²) in [6.45, 7) is 4.73. The van der Waals surface area contributed by atoms with E-state index in [9.17, 15) is 19.5 Å². The zero-order valence-electron chi connectivity index (χ0n) is 42.0. The van der Waals surface area contributed by atoms with Crippen LogP contribution >= 0.6 is 0 Å². The van der Waals surface area contributed by atoms with Gasteiger partial charge in [0.05, 0.1) is 34.4 Å². The van der Waals surface area contributed by atoms with Gasteiger partial charge in [-0.3, -0.25) is 9.59 Å². The number of likely N-dealkylation sites (N-methyl/N-ethyl adjacent to an activating group) is 1. The largest absolute Gasteiger partial charge is 0.477 e. The summed E-state index contributed by atoms with van der Waals surface area (Å²) in [6, 6.07) is -0.616. The van der Waals surface area contributed by atoms with Crippen molar-refractivity contribution in [1.82, 2.24) is 0 Å². The molecule has 0 radical (unpaired) electrons. The lowest BCUT2D eigenvalue weighted by Gasteiger charge is -2.31. The van der Waals surface area contributed by atoms with E-state index in [1.807, 2.05) is 21.1 Å². The summed E-state index contributed by atoms with van der Waals surface area (Å²) in [4.78, 5) is 37.2. The fourth-order valence-electron chi connectivity index (χ4n) is 7.92. The van der Waals surface area contributed by atoms with Crippen LogP contribution in [0.25, 0.3) is 0 Å². The van der Waals surface area contributed by atoms with E-state index < -0.39 is 18.1 Å².